The number of sulfonamides is 1. The van der Waals surface area contributed by atoms with E-state index in [4.69, 9.17) is 4.74 Å². The average Bonchev–Trinajstić information content (AvgIpc) is 3.25. The van der Waals surface area contributed by atoms with Gasteiger partial charge in [-0.2, -0.15) is 16.5 Å². The smallest absolute Gasteiger partial charge is 0.324 e. The first-order valence-electron chi connectivity index (χ1n) is 9.33. The fourth-order valence-electron chi connectivity index (χ4n) is 2.71. The Morgan fingerprint density at radius 3 is 2.61 bits per heavy atom. The highest BCUT2D eigenvalue weighted by Crippen LogP contribution is 2.23. The van der Waals surface area contributed by atoms with Gasteiger partial charge in [-0.05, 0) is 30.6 Å². The van der Waals surface area contributed by atoms with E-state index in [0.717, 1.165) is 22.7 Å². The van der Waals surface area contributed by atoms with Crippen LogP contribution in [0.1, 0.15) is 12.1 Å². The summed E-state index contributed by atoms with van der Waals surface area (Å²) in [6, 6.07) is 13.5. The van der Waals surface area contributed by atoms with Crippen molar-refractivity contribution in [2.45, 2.75) is 24.0 Å². The molecule has 0 saturated carbocycles. The number of halogens is 1. The fraction of sp³-hybridized carbons (Fsp3) is 0.238. The number of rotatable bonds is 10. The van der Waals surface area contributed by atoms with Gasteiger partial charge >= 0.3 is 5.97 Å². The van der Waals surface area contributed by atoms with Crippen LogP contribution in [0.2, 0.25) is 0 Å². The molecule has 1 heterocycles. The first kappa shape index (κ1) is 23.4. The number of hydrogen-bond donors (Lipinski definition) is 1. The molecule has 2 aromatic carbocycles. The largest absolute Gasteiger partial charge is 0.458 e. The van der Waals surface area contributed by atoms with Gasteiger partial charge < -0.3 is 4.74 Å². The second kappa shape index (κ2) is 10.9. The van der Waals surface area contributed by atoms with Crippen LogP contribution in [0.15, 0.2) is 64.9 Å². The van der Waals surface area contributed by atoms with E-state index in [0.29, 0.717) is 11.4 Å². The first-order valence-corrected chi connectivity index (χ1v) is 13.1. The van der Waals surface area contributed by atoms with Gasteiger partial charge in [0.25, 0.3) is 0 Å². The molecule has 0 saturated heterocycles. The van der Waals surface area contributed by atoms with Crippen molar-refractivity contribution in [3.8, 4) is 10.6 Å². The Morgan fingerprint density at radius 1 is 1.19 bits per heavy atom. The second-order valence-electron chi connectivity index (χ2n) is 6.50. The van der Waals surface area contributed by atoms with E-state index in [-0.39, 0.29) is 13.0 Å². The number of hydrogen-bond acceptors (Lipinski definition) is 7. The van der Waals surface area contributed by atoms with Gasteiger partial charge in [0.1, 0.15) is 28.4 Å². The molecular weight excluding hydrogens is 459 g/mol. The Hall–Kier alpha value is -2.27. The molecule has 0 aliphatic rings. The van der Waals surface area contributed by atoms with Gasteiger partial charge in [0.15, 0.2) is 0 Å². The normalized spacial score (nSPS) is 12.5. The standard InChI is InChI=1S/C21H21FN2O4S3/c1-29-12-11-18(24-31(26,27)19-10-6-5-9-17(19)22)21(25)28-13-16-14-30-20(23-16)15-7-3-2-4-8-15/h2-10,14,18,24H,11-13H2,1H3/t18-/m1/s1. The molecule has 164 valence electrons. The third-order valence-electron chi connectivity index (χ3n) is 4.25. The number of nitrogens with zero attached hydrogens (tertiary/aromatic N) is 1. The van der Waals surface area contributed by atoms with Crippen molar-refractivity contribution in [2.24, 2.45) is 0 Å². The van der Waals surface area contributed by atoms with E-state index in [1.54, 1.807) is 5.38 Å². The Labute approximate surface area is 188 Å². The molecule has 3 aromatic rings. The molecule has 10 heteroatoms. The Kier molecular flexibility index (Phi) is 8.19. The van der Waals surface area contributed by atoms with E-state index < -0.39 is 32.7 Å². The lowest BCUT2D eigenvalue weighted by Gasteiger charge is -2.17. The summed E-state index contributed by atoms with van der Waals surface area (Å²) in [6.07, 6.45) is 2.05. The Morgan fingerprint density at radius 2 is 1.90 bits per heavy atom. The summed E-state index contributed by atoms with van der Waals surface area (Å²) in [5, 5.41) is 2.58. The van der Waals surface area contributed by atoms with Crippen LogP contribution in [-0.2, 0) is 26.2 Å². The summed E-state index contributed by atoms with van der Waals surface area (Å²) >= 11 is 2.89. The average molecular weight is 481 g/mol. The van der Waals surface area contributed by atoms with Crippen molar-refractivity contribution in [3.63, 3.8) is 0 Å². The minimum Gasteiger partial charge on any atom is -0.458 e. The second-order valence-corrected chi connectivity index (χ2v) is 10.0. The third-order valence-corrected chi connectivity index (χ3v) is 7.34. The van der Waals surface area contributed by atoms with Gasteiger partial charge in [-0.15, -0.1) is 11.3 Å². The molecule has 1 atom stereocenters. The summed E-state index contributed by atoms with van der Waals surface area (Å²) in [4.78, 5) is 16.6. The number of ether oxygens (including phenoxy) is 1. The molecule has 0 aliphatic carbocycles. The van der Waals surface area contributed by atoms with Crippen LogP contribution in [0, 0.1) is 5.82 Å². The van der Waals surface area contributed by atoms with E-state index >= 15 is 0 Å². The lowest BCUT2D eigenvalue weighted by atomic mass is 10.2. The lowest BCUT2D eigenvalue weighted by molar-refractivity contribution is -0.147. The van der Waals surface area contributed by atoms with Crippen LogP contribution in [-0.4, -0.2) is 37.4 Å². The summed E-state index contributed by atoms with van der Waals surface area (Å²) in [6.45, 7) is -0.0840. The highest BCUT2D eigenvalue weighted by molar-refractivity contribution is 7.98. The summed E-state index contributed by atoms with van der Waals surface area (Å²) in [5.41, 5.74) is 1.53. The van der Waals surface area contributed by atoms with Crippen LogP contribution in [0.4, 0.5) is 4.39 Å². The summed E-state index contributed by atoms with van der Waals surface area (Å²) < 4.78 is 46.7. The van der Waals surface area contributed by atoms with E-state index in [1.165, 1.54) is 35.2 Å². The minimum absolute atomic E-state index is 0.0840. The van der Waals surface area contributed by atoms with Crippen molar-refractivity contribution in [1.82, 2.24) is 9.71 Å². The SMILES string of the molecule is CSCC[C@@H](NS(=O)(=O)c1ccccc1F)C(=O)OCc1csc(-c2ccccc2)n1. The first-order chi connectivity index (χ1) is 14.9. The molecule has 6 nitrogen and oxygen atoms in total. The van der Waals surface area contributed by atoms with Crippen LogP contribution in [0.5, 0.6) is 0 Å². The molecule has 0 radical (unpaired) electrons. The maximum absolute atomic E-state index is 14.0. The molecule has 0 amide bonds. The number of nitrogens with one attached hydrogen (secondary N) is 1. The topological polar surface area (TPSA) is 85.4 Å². The third kappa shape index (κ3) is 6.36. The Bertz CT molecular complexity index is 1120. The van der Waals surface area contributed by atoms with Crippen molar-refractivity contribution >= 4 is 39.1 Å². The zero-order chi connectivity index (χ0) is 22.3. The Balaban J connectivity index is 1.67. The van der Waals surface area contributed by atoms with Gasteiger partial charge in [0, 0.05) is 10.9 Å². The van der Waals surface area contributed by atoms with Gasteiger partial charge in [-0.1, -0.05) is 42.5 Å². The molecule has 0 fully saturated rings. The molecule has 0 aliphatic heterocycles. The number of carbonyl (C=O) groups is 1. The number of carbonyl (C=O) groups excluding carboxylic acids is 1. The quantitative estimate of drug-likeness (QED) is 0.440. The van der Waals surface area contributed by atoms with E-state index in [9.17, 15) is 17.6 Å². The zero-order valence-corrected chi connectivity index (χ0v) is 19.1. The van der Waals surface area contributed by atoms with Crippen LogP contribution in [0.3, 0.4) is 0 Å². The van der Waals surface area contributed by atoms with Gasteiger partial charge in [-0.25, -0.2) is 17.8 Å². The molecule has 0 bridgehead atoms. The zero-order valence-electron chi connectivity index (χ0n) is 16.7. The van der Waals surface area contributed by atoms with Gasteiger partial charge in [0.2, 0.25) is 10.0 Å². The number of benzene rings is 2. The van der Waals surface area contributed by atoms with Crippen LogP contribution in [0.25, 0.3) is 10.6 Å². The molecule has 1 N–H and O–H groups in total. The van der Waals surface area contributed by atoms with Crippen LogP contribution >= 0.6 is 23.1 Å². The van der Waals surface area contributed by atoms with Gasteiger partial charge in [-0.3, -0.25) is 4.79 Å². The number of aromatic nitrogens is 1. The number of thiazole rings is 1. The van der Waals surface area contributed by atoms with Crippen LogP contribution < -0.4 is 4.72 Å². The molecule has 0 unspecified atom stereocenters. The monoisotopic (exact) mass is 480 g/mol. The van der Waals surface area contributed by atoms with Crippen molar-refractivity contribution in [2.75, 3.05) is 12.0 Å². The molecule has 31 heavy (non-hydrogen) atoms. The minimum atomic E-state index is -4.23. The van der Waals surface area contributed by atoms with E-state index in [2.05, 4.69) is 9.71 Å². The maximum atomic E-state index is 14.0. The predicted molar refractivity (Wildman–Crippen MR) is 121 cm³/mol. The van der Waals surface area contributed by atoms with E-state index in [1.807, 2.05) is 36.6 Å². The molecule has 0 spiro atoms. The molecular formula is C21H21FN2O4S3. The highest BCUT2D eigenvalue weighted by atomic mass is 32.2. The van der Waals surface area contributed by atoms with Gasteiger partial charge in [0.05, 0.1) is 5.69 Å². The summed E-state index contributed by atoms with van der Waals surface area (Å²) in [5.74, 6) is -1.10. The van der Waals surface area contributed by atoms with Crippen molar-refractivity contribution < 1.29 is 22.3 Å². The fourth-order valence-corrected chi connectivity index (χ4v) is 5.29. The number of esters is 1. The number of thioether (sulfide) groups is 1. The molecule has 3 rings (SSSR count). The summed E-state index contributed by atoms with van der Waals surface area (Å²) in [7, 11) is -4.23. The lowest BCUT2D eigenvalue weighted by Crippen LogP contribution is -2.42. The highest BCUT2D eigenvalue weighted by Gasteiger charge is 2.28. The van der Waals surface area contributed by atoms with Crippen molar-refractivity contribution in [1.29, 1.82) is 0 Å². The predicted octanol–water partition coefficient (Wildman–Crippen LogP) is 4.09. The molecule has 1 aromatic heterocycles. The van der Waals surface area contributed by atoms with Crippen molar-refractivity contribution in [3.05, 3.63) is 71.5 Å². The maximum Gasteiger partial charge on any atom is 0.324 e.